The maximum absolute atomic E-state index is 10.7. The summed E-state index contributed by atoms with van der Waals surface area (Å²) in [6.07, 6.45) is 5.69. The molecule has 1 aliphatic carbocycles. The van der Waals surface area contributed by atoms with Gasteiger partial charge in [0.05, 0.1) is 13.0 Å². The van der Waals surface area contributed by atoms with Crippen molar-refractivity contribution < 1.29 is 14.6 Å². The van der Waals surface area contributed by atoms with Crippen molar-refractivity contribution in [3.05, 3.63) is 34.9 Å². The molecule has 1 aliphatic rings. The van der Waals surface area contributed by atoms with E-state index >= 15 is 0 Å². The number of nitrogens with zero attached hydrogens (tertiary/aromatic N) is 1. The number of hydrogen-bond acceptors (Lipinski definition) is 3. The number of carbonyl (C=O) groups is 1. The largest absolute Gasteiger partial charge is 0.494 e. The van der Waals surface area contributed by atoms with E-state index < -0.39 is 5.97 Å². The fourth-order valence-electron chi connectivity index (χ4n) is 3.01. The molecule has 0 heterocycles. The topological polar surface area (TPSA) is 49.8 Å². The van der Waals surface area contributed by atoms with Crippen LogP contribution in [-0.4, -0.2) is 42.7 Å². The predicted octanol–water partition coefficient (Wildman–Crippen LogP) is 3.85. The monoisotopic (exact) mass is 331 g/mol. The summed E-state index contributed by atoms with van der Waals surface area (Å²) >= 11 is 0. The molecule has 132 valence electrons. The van der Waals surface area contributed by atoms with Crippen LogP contribution in [0.15, 0.2) is 23.8 Å². The Bertz CT molecular complexity index is 595. The van der Waals surface area contributed by atoms with Crippen LogP contribution < -0.4 is 4.74 Å². The first-order valence-corrected chi connectivity index (χ1v) is 8.86. The van der Waals surface area contributed by atoms with Crippen molar-refractivity contribution in [2.45, 2.75) is 39.5 Å². The Hall–Kier alpha value is -1.81. The summed E-state index contributed by atoms with van der Waals surface area (Å²) in [6.45, 7) is 6.58. The summed E-state index contributed by atoms with van der Waals surface area (Å²) in [5, 5.41) is 8.80. The average molecular weight is 331 g/mol. The standard InChI is InChI=1S/C20H29NO3/c1-4-5-10-24-19-7-6-16-12-18(15(2)11-17(16)13-19)14-21(3)9-8-20(22)23/h6-7,12-13,15H,4-5,8-11,14H2,1-3H3,(H,22,23)/t15-/m1/s1. The van der Waals surface area contributed by atoms with E-state index in [1.54, 1.807) is 0 Å². The summed E-state index contributed by atoms with van der Waals surface area (Å²) < 4.78 is 5.81. The van der Waals surface area contributed by atoms with Crippen LogP contribution in [0.5, 0.6) is 5.75 Å². The molecular formula is C20H29NO3. The Morgan fingerprint density at radius 2 is 2.21 bits per heavy atom. The van der Waals surface area contributed by atoms with Crippen LogP contribution >= 0.6 is 0 Å². The summed E-state index contributed by atoms with van der Waals surface area (Å²) in [6, 6.07) is 6.36. The van der Waals surface area contributed by atoms with Gasteiger partial charge < -0.3 is 14.7 Å². The highest BCUT2D eigenvalue weighted by Gasteiger charge is 2.19. The lowest BCUT2D eigenvalue weighted by Gasteiger charge is -2.27. The first-order chi connectivity index (χ1) is 11.5. The predicted molar refractivity (Wildman–Crippen MR) is 97.4 cm³/mol. The van der Waals surface area contributed by atoms with Gasteiger partial charge in [-0.15, -0.1) is 0 Å². The Morgan fingerprint density at radius 3 is 2.92 bits per heavy atom. The van der Waals surface area contributed by atoms with Crippen LogP contribution in [0, 0.1) is 5.92 Å². The third kappa shape index (κ3) is 5.38. The number of benzene rings is 1. The van der Waals surface area contributed by atoms with Crippen molar-refractivity contribution in [3.8, 4) is 5.75 Å². The SMILES string of the molecule is CCCCOc1ccc2c(c1)C[C@@H](C)C(CN(C)CCC(=O)O)=C2. The van der Waals surface area contributed by atoms with Crippen LogP contribution in [-0.2, 0) is 11.2 Å². The molecule has 1 N–H and O–H groups in total. The minimum Gasteiger partial charge on any atom is -0.494 e. The number of aliphatic carboxylic acids is 1. The molecule has 0 saturated carbocycles. The van der Waals surface area contributed by atoms with Gasteiger partial charge in [0.1, 0.15) is 5.75 Å². The molecule has 1 aromatic rings. The summed E-state index contributed by atoms with van der Waals surface area (Å²) in [7, 11) is 1.98. The Kier molecular flexibility index (Phi) is 6.85. The van der Waals surface area contributed by atoms with Gasteiger partial charge in [0.15, 0.2) is 0 Å². The van der Waals surface area contributed by atoms with E-state index in [4.69, 9.17) is 9.84 Å². The van der Waals surface area contributed by atoms with Gasteiger partial charge in [-0.2, -0.15) is 0 Å². The summed E-state index contributed by atoms with van der Waals surface area (Å²) in [5.74, 6) is 0.689. The van der Waals surface area contributed by atoms with E-state index in [1.807, 2.05) is 13.1 Å². The smallest absolute Gasteiger partial charge is 0.304 e. The fourth-order valence-corrected chi connectivity index (χ4v) is 3.01. The molecule has 0 spiro atoms. The highest BCUT2D eigenvalue weighted by molar-refractivity contribution is 5.67. The second-order valence-electron chi connectivity index (χ2n) is 6.77. The Balaban J connectivity index is 2.02. The molecule has 4 heteroatoms. The van der Waals surface area contributed by atoms with Gasteiger partial charge >= 0.3 is 5.97 Å². The van der Waals surface area contributed by atoms with Crippen LogP contribution in [0.2, 0.25) is 0 Å². The number of carboxylic acids is 1. The minimum absolute atomic E-state index is 0.188. The van der Waals surface area contributed by atoms with Crippen molar-refractivity contribution in [3.63, 3.8) is 0 Å². The van der Waals surface area contributed by atoms with Crippen LogP contribution in [0.1, 0.15) is 44.2 Å². The lowest BCUT2D eigenvalue weighted by atomic mass is 9.84. The molecule has 24 heavy (non-hydrogen) atoms. The number of likely N-dealkylation sites (N-methyl/N-ethyl adjacent to an activating group) is 1. The number of fused-ring (bicyclic) bond motifs is 1. The van der Waals surface area contributed by atoms with Crippen molar-refractivity contribution in [2.75, 3.05) is 26.7 Å². The number of rotatable bonds is 9. The summed E-state index contributed by atoms with van der Waals surface area (Å²) in [4.78, 5) is 12.8. The van der Waals surface area contributed by atoms with Crippen LogP contribution in [0.4, 0.5) is 0 Å². The highest BCUT2D eigenvalue weighted by atomic mass is 16.5. The van der Waals surface area contributed by atoms with Gasteiger partial charge in [0.2, 0.25) is 0 Å². The molecule has 4 nitrogen and oxygen atoms in total. The van der Waals surface area contributed by atoms with Crippen molar-refractivity contribution in [1.82, 2.24) is 4.90 Å². The van der Waals surface area contributed by atoms with E-state index in [-0.39, 0.29) is 6.42 Å². The summed E-state index contributed by atoms with van der Waals surface area (Å²) in [5.41, 5.74) is 3.97. The van der Waals surface area contributed by atoms with Crippen LogP contribution in [0.25, 0.3) is 6.08 Å². The normalized spacial score (nSPS) is 16.7. The van der Waals surface area contributed by atoms with Gasteiger partial charge in [0, 0.05) is 13.1 Å². The van der Waals surface area contributed by atoms with Gasteiger partial charge in [-0.3, -0.25) is 4.79 Å². The molecular weight excluding hydrogens is 302 g/mol. The molecule has 0 aromatic heterocycles. The molecule has 0 unspecified atom stereocenters. The molecule has 0 bridgehead atoms. The zero-order chi connectivity index (χ0) is 17.5. The fraction of sp³-hybridized carbons (Fsp3) is 0.550. The number of ether oxygens (including phenoxy) is 1. The molecule has 1 atom stereocenters. The molecule has 0 amide bonds. The molecule has 0 saturated heterocycles. The maximum Gasteiger partial charge on any atom is 0.304 e. The first-order valence-electron chi connectivity index (χ1n) is 8.86. The lowest BCUT2D eigenvalue weighted by molar-refractivity contribution is -0.137. The second kappa shape index (κ2) is 8.88. The van der Waals surface area contributed by atoms with E-state index in [1.165, 1.54) is 16.7 Å². The molecule has 0 radical (unpaired) electrons. The van der Waals surface area contributed by atoms with Crippen molar-refractivity contribution >= 4 is 12.0 Å². The quantitative estimate of drug-likeness (QED) is 0.698. The lowest BCUT2D eigenvalue weighted by Crippen LogP contribution is -2.27. The maximum atomic E-state index is 10.7. The molecule has 2 rings (SSSR count). The average Bonchev–Trinajstić information content (AvgIpc) is 2.54. The van der Waals surface area contributed by atoms with E-state index in [2.05, 4.69) is 37.0 Å². The molecule has 1 aromatic carbocycles. The second-order valence-corrected chi connectivity index (χ2v) is 6.77. The van der Waals surface area contributed by atoms with E-state index in [0.717, 1.165) is 38.2 Å². The minimum atomic E-state index is -0.742. The number of hydrogen-bond donors (Lipinski definition) is 1. The molecule has 0 aliphatic heterocycles. The first kappa shape index (κ1) is 18.5. The van der Waals surface area contributed by atoms with Gasteiger partial charge in [-0.25, -0.2) is 0 Å². The number of carboxylic acid groups (broad SMARTS) is 1. The Morgan fingerprint density at radius 1 is 1.42 bits per heavy atom. The van der Waals surface area contributed by atoms with Gasteiger partial charge in [-0.05, 0) is 49.1 Å². The zero-order valence-corrected chi connectivity index (χ0v) is 15.0. The van der Waals surface area contributed by atoms with Gasteiger partial charge in [-0.1, -0.05) is 38.0 Å². The van der Waals surface area contributed by atoms with Crippen molar-refractivity contribution in [2.24, 2.45) is 5.92 Å². The van der Waals surface area contributed by atoms with Crippen molar-refractivity contribution in [1.29, 1.82) is 0 Å². The highest BCUT2D eigenvalue weighted by Crippen LogP contribution is 2.31. The van der Waals surface area contributed by atoms with Crippen LogP contribution in [0.3, 0.4) is 0 Å². The van der Waals surface area contributed by atoms with Gasteiger partial charge in [0.25, 0.3) is 0 Å². The Labute approximate surface area is 145 Å². The third-order valence-electron chi connectivity index (χ3n) is 4.54. The zero-order valence-electron chi connectivity index (χ0n) is 15.0. The third-order valence-corrected chi connectivity index (χ3v) is 4.54. The van der Waals surface area contributed by atoms with E-state index in [9.17, 15) is 4.79 Å². The number of unbranched alkanes of at least 4 members (excludes halogenated alkanes) is 1. The molecule has 0 fully saturated rings. The van der Waals surface area contributed by atoms with E-state index in [0.29, 0.717) is 12.5 Å².